The lowest BCUT2D eigenvalue weighted by molar-refractivity contribution is 0.301. The maximum atomic E-state index is 6.23. The Kier molecular flexibility index (Phi) is 6.30. The highest BCUT2D eigenvalue weighted by Crippen LogP contribution is 2.40. The number of benzene rings is 1. The average Bonchev–Trinajstić information content (AvgIpc) is 3.26. The summed E-state index contributed by atoms with van der Waals surface area (Å²) < 4.78 is 0. The third-order valence-electron chi connectivity index (χ3n) is 6.20. The van der Waals surface area contributed by atoms with Gasteiger partial charge in [0.25, 0.3) is 0 Å². The molecule has 0 saturated heterocycles. The van der Waals surface area contributed by atoms with Gasteiger partial charge in [-0.15, -0.1) is 0 Å². The van der Waals surface area contributed by atoms with Crippen LogP contribution < -0.4 is 16.5 Å². The highest BCUT2D eigenvalue weighted by molar-refractivity contribution is 5.87. The largest absolute Gasteiger partial charge is 0.370 e. The van der Waals surface area contributed by atoms with E-state index in [2.05, 4.69) is 56.9 Å². The van der Waals surface area contributed by atoms with Gasteiger partial charge in [-0.2, -0.15) is 0 Å². The minimum atomic E-state index is 0.355. The molecule has 0 bridgehead atoms. The zero-order chi connectivity index (χ0) is 20.9. The number of fused-ring (bicyclic) bond motifs is 1. The predicted molar refractivity (Wildman–Crippen MR) is 125 cm³/mol. The summed E-state index contributed by atoms with van der Waals surface area (Å²) in [4.78, 5) is 14.4. The molecule has 0 atom stereocenters. The van der Waals surface area contributed by atoms with Crippen LogP contribution in [0.15, 0.2) is 58.3 Å². The Hall–Kier alpha value is -2.90. The molecular formula is C23H31N7. The second kappa shape index (κ2) is 9.28. The Labute approximate surface area is 178 Å². The number of hydrogen-bond donors (Lipinski definition) is 3. The summed E-state index contributed by atoms with van der Waals surface area (Å²) in [6.07, 6.45) is 7.99. The minimum Gasteiger partial charge on any atom is -0.370 e. The number of nitrogens with two attached hydrogens (primary N) is 2. The van der Waals surface area contributed by atoms with E-state index in [0.29, 0.717) is 18.4 Å². The van der Waals surface area contributed by atoms with E-state index in [9.17, 15) is 0 Å². The van der Waals surface area contributed by atoms with Gasteiger partial charge in [0, 0.05) is 43.0 Å². The predicted octanol–water partition coefficient (Wildman–Crippen LogP) is 3.50. The van der Waals surface area contributed by atoms with Crippen LogP contribution in [0.3, 0.4) is 0 Å². The molecule has 1 aliphatic heterocycles. The van der Waals surface area contributed by atoms with E-state index < -0.39 is 0 Å². The van der Waals surface area contributed by atoms with Gasteiger partial charge in [-0.3, -0.25) is 10.0 Å². The van der Waals surface area contributed by atoms with E-state index in [1.165, 1.54) is 5.69 Å². The van der Waals surface area contributed by atoms with Crippen molar-refractivity contribution in [2.75, 3.05) is 24.5 Å². The summed E-state index contributed by atoms with van der Waals surface area (Å²) in [7, 11) is 0. The molecule has 4 rings (SSSR count). The van der Waals surface area contributed by atoms with Crippen LogP contribution >= 0.6 is 0 Å². The first-order valence-corrected chi connectivity index (χ1v) is 10.7. The molecular weight excluding hydrogens is 374 g/mol. The molecule has 0 amide bonds. The monoisotopic (exact) mass is 405 g/mol. The van der Waals surface area contributed by atoms with E-state index in [0.717, 1.165) is 61.5 Å². The van der Waals surface area contributed by atoms with Crippen molar-refractivity contribution in [2.24, 2.45) is 33.4 Å². The standard InChI is InChI=1S/C23H31N7/c1-26-21(22-20-11-13-27-23(20)28-16-30(22)25)18-9-7-17(8-10-18)15-29(14-12-24)19-5-3-2-4-6-19/h2-6,11,13,16-18,27H,1,7-10,12,14-15,24-25H2/b22-21-. The summed E-state index contributed by atoms with van der Waals surface area (Å²) in [5.41, 5.74) is 10.0. The van der Waals surface area contributed by atoms with Gasteiger partial charge >= 0.3 is 0 Å². The molecule has 1 fully saturated rings. The molecule has 2 heterocycles. The molecule has 0 radical (unpaired) electrons. The average molecular weight is 406 g/mol. The van der Waals surface area contributed by atoms with Gasteiger partial charge in [-0.05, 0) is 56.5 Å². The lowest BCUT2D eigenvalue weighted by Gasteiger charge is -2.35. The fourth-order valence-corrected chi connectivity index (χ4v) is 4.69. The highest BCUT2D eigenvalue weighted by atomic mass is 15.4. The first-order valence-electron chi connectivity index (χ1n) is 10.7. The van der Waals surface area contributed by atoms with Crippen molar-refractivity contribution < 1.29 is 0 Å². The molecule has 5 N–H and O–H groups in total. The van der Waals surface area contributed by atoms with E-state index in [4.69, 9.17) is 11.6 Å². The van der Waals surface area contributed by atoms with E-state index in [-0.39, 0.29) is 0 Å². The quantitative estimate of drug-likeness (QED) is 0.485. The minimum absolute atomic E-state index is 0.355. The van der Waals surface area contributed by atoms with Gasteiger partial charge in [0.05, 0.1) is 11.4 Å². The number of allylic oxidation sites excluding steroid dienone is 1. The zero-order valence-corrected chi connectivity index (χ0v) is 17.4. The first kappa shape index (κ1) is 20.4. The van der Waals surface area contributed by atoms with Gasteiger partial charge < -0.3 is 15.6 Å². The zero-order valence-electron chi connectivity index (χ0n) is 17.4. The summed E-state index contributed by atoms with van der Waals surface area (Å²) >= 11 is 0. The molecule has 0 unspecified atom stereocenters. The van der Waals surface area contributed by atoms with Crippen LogP contribution in [0.1, 0.15) is 31.2 Å². The smallest absolute Gasteiger partial charge is 0.141 e. The van der Waals surface area contributed by atoms with E-state index >= 15 is 0 Å². The number of aromatic amines is 1. The van der Waals surface area contributed by atoms with Crippen molar-refractivity contribution in [1.29, 1.82) is 0 Å². The second-order valence-electron chi connectivity index (χ2n) is 8.07. The summed E-state index contributed by atoms with van der Waals surface area (Å²) in [6.45, 7) is 6.45. The lowest BCUT2D eigenvalue weighted by atomic mass is 9.79. The van der Waals surface area contributed by atoms with Crippen molar-refractivity contribution >= 4 is 30.3 Å². The van der Waals surface area contributed by atoms with Gasteiger partial charge in [-0.25, -0.2) is 10.8 Å². The Balaban J connectivity index is 1.46. The normalized spacial score (nSPS) is 22.5. The number of hydrazine groups is 1. The number of para-hydroxylation sites is 1. The third kappa shape index (κ3) is 4.17. The number of hydrogen-bond acceptors (Lipinski definition) is 6. The van der Waals surface area contributed by atoms with Gasteiger partial charge in [0.1, 0.15) is 12.2 Å². The van der Waals surface area contributed by atoms with Crippen LogP contribution in [-0.4, -0.2) is 42.7 Å². The maximum Gasteiger partial charge on any atom is 0.141 e. The molecule has 2 aromatic rings. The van der Waals surface area contributed by atoms with Gasteiger partial charge in [0.15, 0.2) is 0 Å². The Morgan fingerprint density at radius 3 is 2.67 bits per heavy atom. The number of nitrogens with one attached hydrogen (secondary N) is 1. The van der Waals surface area contributed by atoms with E-state index in [1.54, 1.807) is 11.3 Å². The van der Waals surface area contributed by atoms with Crippen LogP contribution in [0.5, 0.6) is 0 Å². The Bertz CT molecular complexity index is 907. The van der Waals surface area contributed by atoms with Gasteiger partial charge in [-0.1, -0.05) is 18.2 Å². The molecule has 1 saturated carbocycles. The molecule has 2 aliphatic rings. The van der Waals surface area contributed by atoms with Crippen molar-refractivity contribution in [3.63, 3.8) is 0 Å². The Morgan fingerprint density at radius 2 is 1.97 bits per heavy atom. The molecule has 1 aliphatic carbocycles. The van der Waals surface area contributed by atoms with Crippen LogP contribution in [0, 0.1) is 11.8 Å². The molecule has 7 nitrogen and oxygen atoms in total. The topological polar surface area (TPSA) is 99.0 Å². The number of aromatic nitrogens is 1. The number of rotatable bonds is 7. The SMILES string of the molecule is C=N/C(=C1/c2cc[nH]c2N=CN1N)C1CCC(CN(CCN)c2ccccc2)CC1. The summed E-state index contributed by atoms with van der Waals surface area (Å²) in [5.74, 6) is 8.06. The van der Waals surface area contributed by atoms with Crippen molar-refractivity contribution in [1.82, 2.24) is 9.99 Å². The van der Waals surface area contributed by atoms with Crippen LogP contribution in [-0.2, 0) is 0 Å². The number of H-pyrrole nitrogens is 1. The van der Waals surface area contributed by atoms with Crippen LogP contribution in [0.4, 0.5) is 11.5 Å². The summed E-state index contributed by atoms with van der Waals surface area (Å²) in [6, 6.07) is 12.6. The molecule has 0 spiro atoms. The third-order valence-corrected chi connectivity index (χ3v) is 6.20. The van der Waals surface area contributed by atoms with Crippen molar-refractivity contribution in [2.45, 2.75) is 25.7 Å². The molecule has 1 aromatic heterocycles. The maximum absolute atomic E-state index is 6.23. The highest BCUT2D eigenvalue weighted by Gasteiger charge is 2.30. The fourth-order valence-electron chi connectivity index (χ4n) is 4.69. The lowest BCUT2D eigenvalue weighted by Crippen LogP contribution is -2.36. The molecule has 1 aromatic carbocycles. The Morgan fingerprint density at radius 1 is 1.20 bits per heavy atom. The summed E-state index contributed by atoms with van der Waals surface area (Å²) in [5, 5.41) is 1.57. The molecule has 158 valence electrons. The van der Waals surface area contributed by atoms with Gasteiger partial charge in [0.2, 0.25) is 0 Å². The number of aliphatic imine (C=N–C) groups is 2. The fraction of sp³-hybridized carbons (Fsp3) is 0.391. The number of nitrogens with zero attached hydrogens (tertiary/aromatic N) is 4. The van der Waals surface area contributed by atoms with Crippen molar-refractivity contribution in [3.05, 3.63) is 53.9 Å². The van der Waals surface area contributed by atoms with Crippen LogP contribution in [0.25, 0.3) is 5.70 Å². The van der Waals surface area contributed by atoms with E-state index in [1.807, 2.05) is 12.3 Å². The van der Waals surface area contributed by atoms with Crippen molar-refractivity contribution in [3.8, 4) is 0 Å². The second-order valence-corrected chi connectivity index (χ2v) is 8.07. The first-order chi connectivity index (χ1) is 14.7. The molecule has 30 heavy (non-hydrogen) atoms. The molecule has 7 heteroatoms. The van der Waals surface area contributed by atoms with Crippen LogP contribution in [0.2, 0.25) is 0 Å². The number of anilines is 1.